The first-order valence-corrected chi connectivity index (χ1v) is 6.60. The van der Waals surface area contributed by atoms with Gasteiger partial charge in [-0.15, -0.1) is 0 Å². The van der Waals surface area contributed by atoms with E-state index in [0.717, 1.165) is 0 Å². The number of aromatic nitrogens is 1. The Bertz CT molecular complexity index is 610. The molecule has 0 saturated heterocycles. The molecular weight excluding hydrogens is 258 g/mol. The molecule has 0 aromatic carbocycles. The Kier molecular flexibility index (Phi) is 3.98. The van der Waals surface area contributed by atoms with Gasteiger partial charge in [0.2, 0.25) is 0 Å². The summed E-state index contributed by atoms with van der Waals surface area (Å²) in [5, 5.41) is 8.40. The number of nitrogens with one attached hydrogen (secondary N) is 2. The second-order valence-corrected chi connectivity index (χ2v) is 5.14. The average molecular weight is 271 g/mol. The first kappa shape index (κ1) is 14.1. The minimum Gasteiger partial charge on any atom is -0.461 e. The van der Waals surface area contributed by atoms with Gasteiger partial charge in [0.05, 0.1) is 6.61 Å². The molecule has 0 aliphatic rings. The fraction of sp³-hybridized carbons (Fsp3) is 0.400. The monoisotopic (exact) mass is 271 g/mol. The Labute approximate surface area is 105 Å². The Morgan fingerprint density at radius 3 is 2.61 bits per heavy atom. The van der Waals surface area contributed by atoms with Crippen LogP contribution >= 0.6 is 0 Å². The van der Waals surface area contributed by atoms with Gasteiger partial charge in [-0.05, 0) is 20.8 Å². The smallest absolute Gasteiger partial charge is 0.355 e. The number of aromatic amines is 1. The highest BCUT2D eigenvalue weighted by Gasteiger charge is 2.26. The largest absolute Gasteiger partial charge is 0.461 e. The molecule has 0 fully saturated rings. The van der Waals surface area contributed by atoms with Gasteiger partial charge in [-0.25, -0.2) is 17.9 Å². The number of hydrogen-bond donors (Lipinski definition) is 2. The third-order valence-corrected chi connectivity index (χ3v) is 3.81. The number of esters is 1. The van der Waals surface area contributed by atoms with E-state index >= 15 is 0 Å². The lowest BCUT2D eigenvalue weighted by Gasteiger charge is -2.02. The van der Waals surface area contributed by atoms with Crippen LogP contribution in [-0.4, -0.2) is 26.0 Å². The highest BCUT2D eigenvalue weighted by Crippen LogP contribution is 2.23. The van der Waals surface area contributed by atoms with Crippen LogP contribution in [0.5, 0.6) is 0 Å². The number of carbonyl (C=O) groups excluding carboxylic acids is 1. The van der Waals surface area contributed by atoms with Gasteiger partial charge in [0, 0.05) is 11.3 Å². The molecule has 0 bridgehead atoms. The number of nitrogens with zero attached hydrogens (tertiary/aromatic N) is 1. The zero-order valence-electron chi connectivity index (χ0n) is 10.2. The van der Waals surface area contributed by atoms with Crippen LogP contribution in [0.25, 0.3) is 0 Å². The number of carbonyl (C=O) groups is 1. The van der Waals surface area contributed by atoms with Crippen LogP contribution in [0.1, 0.15) is 28.7 Å². The number of rotatable bonds is 4. The van der Waals surface area contributed by atoms with Crippen molar-refractivity contribution in [3.05, 3.63) is 17.0 Å². The average Bonchev–Trinajstić information content (AvgIpc) is 2.55. The lowest BCUT2D eigenvalue weighted by atomic mass is 10.2. The molecule has 98 valence electrons. The van der Waals surface area contributed by atoms with E-state index in [-0.39, 0.29) is 28.5 Å². The molecule has 0 unspecified atom stereocenters. The minimum atomic E-state index is -3.95. The standard InChI is InChI=1S/C10H13N3O4S/c1-4-17-10(14)8-6(2)9(7(3)13-8)18(15,16)12-5-11/h12-13H,4H2,1-3H3. The number of nitriles is 1. The summed E-state index contributed by atoms with van der Waals surface area (Å²) in [6, 6.07) is 0. The first-order chi connectivity index (χ1) is 8.35. The number of hydrogen-bond acceptors (Lipinski definition) is 5. The molecule has 1 aromatic rings. The lowest BCUT2D eigenvalue weighted by molar-refractivity contribution is 0.0519. The Morgan fingerprint density at radius 1 is 1.50 bits per heavy atom. The quantitative estimate of drug-likeness (QED) is 0.472. The summed E-state index contributed by atoms with van der Waals surface area (Å²) >= 11 is 0. The normalized spacial score (nSPS) is 10.8. The molecule has 1 rings (SSSR count). The summed E-state index contributed by atoms with van der Waals surface area (Å²) in [5.74, 6) is -0.628. The molecule has 0 aliphatic carbocycles. The second-order valence-electron chi connectivity index (χ2n) is 3.52. The van der Waals surface area contributed by atoms with Crippen molar-refractivity contribution in [2.45, 2.75) is 25.7 Å². The van der Waals surface area contributed by atoms with Crippen molar-refractivity contribution >= 4 is 16.0 Å². The summed E-state index contributed by atoms with van der Waals surface area (Å²) in [7, 11) is -3.95. The van der Waals surface area contributed by atoms with E-state index in [1.54, 1.807) is 11.6 Å². The third kappa shape index (κ3) is 2.46. The maximum absolute atomic E-state index is 11.8. The molecule has 0 saturated carbocycles. The predicted octanol–water partition coefficient (Wildman–Crippen LogP) is 0.568. The fourth-order valence-corrected chi connectivity index (χ4v) is 2.84. The molecule has 8 heteroatoms. The van der Waals surface area contributed by atoms with Gasteiger partial charge in [-0.1, -0.05) is 0 Å². The van der Waals surface area contributed by atoms with Gasteiger partial charge in [-0.2, -0.15) is 5.26 Å². The van der Waals surface area contributed by atoms with Crippen molar-refractivity contribution < 1.29 is 17.9 Å². The zero-order valence-corrected chi connectivity index (χ0v) is 11.0. The van der Waals surface area contributed by atoms with Crippen molar-refractivity contribution in [2.24, 2.45) is 0 Å². The van der Waals surface area contributed by atoms with Crippen molar-refractivity contribution in [1.29, 1.82) is 5.26 Å². The molecule has 1 aromatic heterocycles. The van der Waals surface area contributed by atoms with Gasteiger partial charge >= 0.3 is 5.97 Å². The van der Waals surface area contributed by atoms with Crippen LogP contribution in [0, 0.1) is 25.3 Å². The van der Waals surface area contributed by atoms with Crippen LogP contribution < -0.4 is 4.72 Å². The summed E-state index contributed by atoms with van der Waals surface area (Å²) in [6.45, 7) is 4.82. The maximum atomic E-state index is 11.8. The third-order valence-electron chi connectivity index (χ3n) is 2.30. The molecule has 7 nitrogen and oxygen atoms in total. The molecule has 18 heavy (non-hydrogen) atoms. The minimum absolute atomic E-state index is 0.0765. The molecule has 0 aliphatic heterocycles. The molecular formula is C10H13N3O4S. The van der Waals surface area contributed by atoms with E-state index in [2.05, 4.69) is 4.98 Å². The summed E-state index contributed by atoms with van der Waals surface area (Å²) in [6.07, 6.45) is 1.36. The van der Waals surface area contributed by atoms with Gasteiger partial charge in [-0.3, -0.25) is 0 Å². The number of ether oxygens (including phenoxy) is 1. The topological polar surface area (TPSA) is 112 Å². The highest BCUT2D eigenvalue weighted by molar-refractivity contribution is 7.89. The number of H-pyrrole nitrogens is 1. The van der Waals surface area contributed by atoms with E-state index < -0.39 is 16.0 Å². The first-order valence-electron chi connectivity index (χ1n) is 5.12. The van der Waals surface area contributed by atoms with E-state index in [1.165, 1.54) is 20.0 Å². The van der Waals surface area contributed by atoms with Gasteiger partial charge in [0.15, 0.2) is 6.19 Å². The summed E-state index contributed by atoms with van der Waals surface area (Å²) in [5.41, 5.74) is 0.583. The van der Waals surface area contributed by atoms with Crippen LogP contribution in [-0.2, 0) is 14.8 Å². The molecule has 0 radical (unpaired) electrons. The van der Waals surface area contributed by atoms with Crippen molar-refractivity contribution in [2.75, 3.05) is 6.61 Å². The second kappa shape index (κ2) is 5.10. The van der Waals surface area contributed by atoms with E-state index in [4.69, 9.17) is 10.00 Å². The van der Waals surface area contributed by atoms with E-state index in [1.807, 2.05) is 0 Å². The Morgan fingerprint density at radius 2 is 2.11 bits per heavy atom. The SMILES string of the molecule is CCOC(=O)c1[nH]c(C)c(S(=O)(=O)NC#N)c1C. The van der Waals surface area contributed by atoms with Crippen LogP contribution in [0.4, 0.5) is 0 Å². The summed E-state index contributed by atoms with van der Waals surface area (Å²) < 4.78 is 30.0. The molecule has 0 spiro atoms. The maximum Gasteiger partial charge on any atom is 0.355 e. The predicted molar refractivity (Wildman–Crippen MR) is 62.2 cm³/mol. The van der Waals surface area contributed by atoms with Crippen LogP contribution in [0.15, 0.2) is 4.90 Å². The summed E-state index contributed by atoms with van der Waals surface area (Å²) in [4.78, 5) is 14.1. The Balaban J connectivity index is 3.34. The highest BCUT2D eigenvalue weighted by atomic mass is 32.2. The van der Waals surface area contributed by atoms with Crippen LogP contribution in [0.3, 0.4) is 0 Å². The van der Waals surface area contributed by atoms with Gasteiger partial charge in [0.25, 0.3) is 10.0 Å². The molecule has 0 atom stereocenters. The van der Waals surface area contributed by atoms with Gasteiger partial charge in [0.1, 0.15) is 10.6 Å². The van der Waals surface area contributed by atoms with Crippen LogP contribution in [0.2, 0.25) is 0 Å². The van der Waals surface area contributed by atoms with Crippen molar-refractivity contribution in [3.63, 3.8) is 0 Å². The fourth-order valence-electron chi connectivity index (χ4n) is 1.65. The van der Waals surface area contributed by atoms with Crippen molar-refractivity contribution in [1.82, 2.24) is 9.71 Å². The van der Waals surface area contributed by atoms with Crippen molar-refractivity contribution in [3.8, 4) is 6.19 Å². The zero-order chi connectivity index (χ0) is 13.9. The Hall–Kier alpha value is -2.01. The molecule has 0 amide bonds. The lowest BCUT2D eigenvalue weighted by Crippen LogP contribution is -2.19. The van der Waals surface area contributed by atoms with E-state index in [0.29, 0.717) is 0 Å². The number of aryl methyl sites for hydroxylation is 1. The number of sulfonamides is 1. The van der Waals surface area contributed by atoms with Gasteiger partial charge < -0.3 is 9.72 Å². The molecule has 2 N–H and O–H groups in total. The molecule has 1 heterocycles. The van der Waals surface area contributed by atoms with E-state index in [9.17, 15) is 13.2 Å².